The highest BCUT2D eigenvalue weighted by atomic mass is 32.2. The number of fused-ring (bicyclic) bond motifs is 3. The molecule has 1 N–H and O–H groups in total. The summed E-state index contributed by atoms with van der Waals surface area (Å²) < 4.78 is 1.64. The van der Waals surface area contributed by atoms with Crippen LogP contribution in [0.5, 0.6) is 5.75 Å². The largest absolute Gasteiger partial charge is 0.507 e. The zero-order chi connectivity index (χ0) is 25.6. The first-order valence-corrected chi connectivity index (χ1v) is 14.0. The number of hydrogen-bond donors (Lipinski definition) is 1. The highest BCUT2D eigenvalue weighted by Gasteiger charge is 2.32. The van der Waals surface area contributed by atoms with Crippen LogP contribution in [-0.4, -0.2) is 26.2 Å². The van der Waals surface area contributed by atoms with Gasteiger partial charge in [-0.2, -0.15) is 0 Å². The summed E-state index contributed by atoms with van der Waals surface area (Å²) >= 11 is 2.86. The number of aromatic hydroxyl groups is 1. The predicted molar refractivity (Wildman–Crippen MR) is 148 cm³/mol. The molecule has 5 nitrogen and oxygen atoms in total. The number of ketones is 1. The van der Waals surface area contributed by atoms with E-state index in [0.29, 0.717) is 11.1 Å². The first kappa shape index (κ1) is 24.8. The summed E-state index contributed by atoms with van der Waals surface area (Å²) in [5.41, 5.74) is 3.21. The van der Waals surface area contributed by atoms with Crippen molar-refractivity contribution in [3.63, 3.8) is 0 Å². The molecule has 0 saturated heterocycles. The number of aryl methyl sites for hydroxylation is 2. The van der Waals surface area contributed by atoms with E-state index in [1.807, 2.05) is 37.3 Å². The normalized spacial score (nSPS) is 15.7. The van der Waals surface area contributed by atoms with Crippen LogP contribution in [0.15, 0.2) is 58.5 Å². The van der Waals surface area contributed by atoms with Gasteiger partial charge in [-0.1, -0.05) is 62.4 Å². The van der Waals surface area contributed by atoms with E-state index in [0.717, 1.165) is 46.3 Å². The number of phenolic OH excluding ortho intramolecular Hbond substituents is 1. The van der Waals surface area contributed by atoms with E-state index in [2.05, 4.69) is 20.8 Å². The minimum absolute atomic E-state index is 0.0330. The van der Waals surface area contributed by atoms with Gasteiger partial charge in [-0.25, -0.2) is 4.98 Å². The molecule has 1 aliphatic rings. The molecule has 36 heavy (non-hydrogen) atoms. The first-order valence-electron chi connectivity index (χ1n) is 12.2. The Hall–Kier alpha value is -2.90. The van der Waals surface area contributed by atoms with E-state index >= 15 is 0 Å². The summed E-state index contributed by atoms with van der Waals surface area (Å²) in [5, 5.41) is 11.4. The number of hydrogen-bond acceptors (Lipinski definition) is 6. The molecule has 0 unspecified atom stereocenters. The third kappa shape index (κ3) is 4.62. The third-order valence-electron chi connectivity index (χ3n) is 7.08. The highest BCUT2D eigenvalue weighted by Crippen LogP contribution is 2.42. The monoisotopic (exact) mass is 518 g/mol. The average molecular weight is 519 g/mol. The van der Waals surface area contributed by atoms with Gasteiger partial charge in [0.1, 0.15) is 10.6 Å². The van der Waals surface area contributed by atoms with Crippen LogP contribution >= 0.6 is 23.1 Å². The molecular weight excluding hydrogens is 488 g/mol. The summed E-state index contributed by atoms with van der Waals surface area (Å²) in [4.78, 5) is 33.9. The highest BCUT2D eigenvalue weighted by molar-refractivity contribution is 7.99. The van der Waals surface area contributed by atoms with Crippen LogP contribution < -0.4 is 5.56 Å². The number of nitrogens with zero attached hydrogens (tertiary/aromatic N) is 2. The fourth-order valence-corrected chi connectivity index (χ4v) is 7.16. The molecule has 1 atom stereocenters. The number of thioether (sulfide) groups is 1. The average Bonchev–Trinajstić information content (AvgIpc) is 3.22. The molecule has 2 aromatic heterocycles. The minimum Gasteiger partial charge on any atom is -0.507 e. The van der Waals surface area contributed by atoms with E-state index in [1.165, 1.54) is 16.6 Å². The lowest BCUT2D eigenvalue weighted by Gasteiger charge is -2.33. The number of thiophene rings is 1. The van der Waals surface area contributed by atoms with E-state index in [1.54, 1.807) is 34.1 Å². The molecule has 0 radical (unpaired) electrons. The van der Waals surface area contributed by atoms with Crippen molar-refractivity contribution in [1.82, 2.24) is 9.55 Å². The summed E-state index contributed by atoms with van der Waals surface area (Å²) in [5.74, 6) is 0.407. The van der Waals surface area contributed by atoms with Gasteiger partial charge in [-0.15, -0.1) is 11.3 Å². The predicted octanol–water partition coefficient (Wildman–Crippen LogP) is 6.59. The summed E-state index contributed by atoms with van der Waals surface area (Å²) in [7, 11) is 0. The molecular formula is C29H30N2O3S2. The fraction of sp³-hybridized carbons (Fsp3) is 0.345. The zero-order valence-electron chi connectivity index (χ0n) is 21.0. The Kier molecular flexibility index (Phi) is 6.55. The second-order valence-electron chi connectivity index (χ2n) is 10.6. The van der Waals surface area contributed by atoms with Gasteiger partial charge in [-0.05, 0) is 67.3 Å². The van der Waals surface area contributed by atoms with Gasteiger partial charge in [0.25, 0.3) is 5.56 Å². The Morgan fingerprint density at radius 1 is 1.19 bits per heavy atom. The summed E-state index contributed by atoms with van der Waals surface area (Å²) in [6.45, 7) is 8.74. The Morgan fingerprint density at radius 2 is 1.94 bits per heavy atom. The molecule has 2 heterocycles. The molecule has 7 heteroatoms. The second-order valence-corrected chi connectivity index (χ2v) is 12.6. The molecule has 2 aromatic carbocycles. The Balaban J connectivity index is 1.58. The van der Waals surface area contributed by atoms with Crippen molar-refractivity contribution in [1.29, 1.82) is 0 Å². The molecule has 0 spiro atoms. The van der Waals surface area contributed by atoms with Crippen molar-refractivity contribution in [2.45, 2.75) is 52.1 Å². The molecule has 5 rings (SSSR count). The maximum absolute atomic E-state index is 14.0. The number of rotatable bonds is 5. The van der Waals surface area contributed by atoms with Crippen LogP contribution in [0, 0.1) is 18.3 Å². The van der Waals surface area contributed by atoms with Crippen LogP contribution in [0.25, 0.3) is 15.9 Å². The maximum Gasteiger partial charge on any atom is 0.267 e. The van der Waals surface area contributed by atoms with Crippen molar-refractivity contribution in [2.75, 3.05) is 5.75 Å². The molecule has 186 valence electrons. The lowest BCUT2D eigenvalue weighted by molar-refractivity contribution is 0.102. The van der Waals surface area contributed by atoms with E-state index in [-0.39, 0.29) is 33.8 Å². The molecule has 1 aliphatic carbocycles. The maximum atomic E-state index is 14.0. The van der Waals surface area contributed by atoms with Gasteiger partial charge < -0.3 is 5.11 Å². The van der Waals surface area contributed by atoms with Crippen molar-refractivity contribution in [2.24, 2.45) is 11.3 Å². The van der Waals surface area contributed by atoms with Gasteiger partial charge in [0.05, 0.1) is 22.4 Å². The number of carbonyl (C=O) groups excluding carboxylic acids is 1. The van der Waals surface area contributed by atoms with Crippen molar-refractivity contribution < 1.29 is 9.90 Å². The number of para-hydroxylation sites is 1. The number of phenols is 1. The number of Topliss-reactive ketones (excluding diaryl/α,β-unsaturated/α-hetero) is 1. The molecule has 0 amide bonds. The van der Waals surface area contributed by atoms with Gasteiger partial charge in [0.15, 0.2) is 10.9 Å². The fourth-order valence-electron chi connectivity index (χ4n) is 4.93. The lowest BCUT2D eigenvalue weighted by atomic mass is 9.72. The SMILES string of the molecule is Cc1ccc(O)c(C(=O)CSc2nc3sc4c(c3c(=O)n2-c2ccccc2)CC[C@H](C(C)(C)C)C4)c1. The van der Waals surface area contributed by atoms with Crippen LogP contribution in [-0.2, 0) is 12.8 Å². The van der Waals surface area contributed by atoms with Gasteiger partial charge in [0, 0.05) is 4.88 Å². The smallest absolute Gasteiger partial charge is 0.267 e. The molecule has 0 fully saturated rings. The second kappa shape index (κ2) is 9.52. The van der Waals surface area contributed by atoms with E-state index in [4.69, 9.17) is 4.98 Å². The van der Waals surface area contributed by atoms with Crippen LogP contribution in [0.4, 0.5) is 0 Å². The first-order chi connectivity index (χ1) is 17.1. The van der Waals surface area contributed by atoms with Crippen LogP contribution in [0.3, 0.4) is 0 Å². The standard InChI is InChI=1S/C29H30N2O3S2/c1-17-10-13-22(32)21(14-17)23(33)16-35-28-30-26-25(27(34)31(28)19-8-6-5-7-9-19)20-12-11-18(29(2,3)4)15-24(20)36-26/h5-10,13-14,18,32H,11-12,15-16H2,1-4H3/t18-/m0/s1. The number of benzene rings is 2. The summed E-state index contributed by atoms with van der Waals surface area (Å²) in [6, 6.07) is 14.5. The Morgan fingerprint density at radius 3 is 2.67 bits per heavy atom. The third-order valence-corrected chi connectivity index (χ3v) is 9.16. The lowest BCUT2D eigenvalue weighted by Crippen LogP contribution is -2.27. The van der Waals surface area contributed by atoms with Crippen molar-refractivity contribution in [3.8, 4) is 11.4 Å². The molecule has 0 saturated carbocycles. The topological polar surface area (TPSA) is 72.2 Å². The molecule has 0 bridgehead atoms. The number of aromatic nitrogens is 2. The van der Waals surface area contributed by atoms with Crippen molar-refractivity contribution in [3.05, 3.63) is 80.5 Å². The van der Waals surface area contributed by atoms with Crippen LogP contribution in [0.1, 0.15) is 53.6 Å². The van der Waals surface area contributed by atoms with E-state index < -0.39 is 0 Å². The minimum atomic E-state index is -0.200. The van der Waals surface area contributed by atoms with Crippen LogP contribution in [0.2, 0.25) is 0 Å². The zero-order valence-corrected chi connectivity index (χ0v) is 22.6. The van der Waals surface area contributed by atoms with Gasteiger partial charge >= 0.3 is 0 Å². The Bertz CT molecular complexity index is 1510. The van der Waals surface area contributed by atoms with E-state index in [9.17, 15) is 14.7 Å². The Labute approximate surface area is 219 Å². The van der Waals surface area contributed by atoms with Crippen molar-refractivity contribution >= 4 is 39.1 Å². The molecule has 0 aliphatic heterocycles. The summed E-state index contributed by atoms with van der Waals surface area (Å²) in [6.07, 6.45) is 2.93. The van der Waals surface area contributed by atoms with Gasteiger partial charge in [0.2, 0.25) is 0 Å². The molecule has 4 aromatic rings. The number of carbonyl (C=O) groups is 1. The quantitative estimate of drug-likeness (QED) is 0.183. The van der Waals surface area contributed by atoms with Gasteiger partial charge in [-0.3, -0.25) is 14.2 Å².